The van der Waals surface area contributed by atoms with Gasteiger partial charge in [-0.15, -0.1) is 0 Å². The fraction of sp³-hybridized carbons (Fsp3) is 0.333. The molecule has 19 heavy (non-hydrogen) atoms. The van der Waals surface area contributed by atoms with Crippen LogP contribution in [0.3, 0.4) is 0 Å². The van der Waals surface area contributed by atoms with E-state index in [9.17, 15) is 9.59 Å². The van der Waals surface area contributed by atoms with Gasteiger partial charge in [0.1, 0.15) is 0 Å². The van der Waals surface area contributed by atoms with Crippen LogP contribution in [0.4, 0.5) is 10.5 Å². The summed E-state index contributed by atoms with van der Waals surface area (Å²) in [5.74, 6) is -0.890. The molecule has 0 spiro atoms. The molecule has 3 N–H and O–H groups in total. The largest absolute Gasteiger partial charge is 0.481 e. The number of hydrogen-bond donors (Lipinski definition) is 3. The number of carbonyl (C=O) groups excluding carboxylic acids is 1. The average molecular weight is 305 g/mol. The van der Waals surface area contributed by atoms with E-state index >= 15 is 0 Å². The Hall–Kier alpha value is -1.46. The number of aliphatic carboxylic acids is 1. The number of urea groups is 1. The van der Waals surface area contributed by atoms with Gasteiger partial charge in [0.25, 0.3) is 0 Å². The highest BCUT2D eigenvalue weighted by molar-refractivity contribution is 6.36. The van der Waals surface area contributed by atoms with Gasteiger partial charge in [0, 0.05) is 28.7 Å². The SMILES string of the molecule is Cc1c(Cl)cc(NC(=O)NCCCC(=O)O)cc1Cl. The Labute approximate surface area is 120 Å². The van der Waals surface area contributed by atoms with E-state index in [-0.39, 0.29) is 13.0 Å². The van der Waals surface area contributed by atoms with Gasteiger partial charge in [-0.05, 0) is 31.0 Å². The van der Waals surface area contributed by atoms with Crippen molar-refractivity contribution in [1.82, 2.24) is 5.32 Å². The molecule has 1 aromatic rings. The van der Waals surface area contributed by atoms with Crippen LogP contribution in [0.1, 0.15) is 18.4 Å². The highest BCUT2D eigenvalue weighted by atomic mass is 35.5. The zero-order valence-corrected chi connectivity index (χ0v) is 11.8. The number of benzene rings is 1. The first kappa shape index (κ1) is 15.6. The van der Waals surface area contributed by atoms with Crippen molar-refractivity contribution in [2.45, 2.75) is 19.8 Å². The van der Waals surface area contributed by atoms with Gasteiger partial charge < -0.3 is 15.7 Å². The molecule has 0 atom stereocenters. The molecule has 5 nitrogen and oxygen atoms in total. The number of carboxylic acid groups (broad SMARTS) is 1. The normalized spacial score (nSPS) is 10.1. The maximum atomic E-state index is 11.5. The van der Waals surface area contributed by atoms with E-state index in [1.54, 1.807) is 19.1 Å². The first-order chi connectivity index (χ1) is 8.90. The van der Waals surface area contributed by atoms with Crippen LogP contribution in [-0.4, -0.2) is 23.7 Å². The summed E-state index contributed by atoms with van der Waals surface area (Å²) in [7, 11) is 0. The van der Waals surface area contributed by atoms with Gasteiger partial charge in [-0.3, -0.25) is 4.79 Å². The Morgan fingerprint density at radius 3 is 2.37 bits per heavy atom. The van der Waals surface area contributed by atoms with Crippen molar-refractivity contribution in [3.05, 3.63) is 27.7 Å². The molecule has 1 rings (SSSR count). The standard InChI is InChI=1S/C12H14Cl2N2O3/c1-7-9(13)5-8(6-10(7)14)16-12(19)15-4-2-3-11(17)18/h5-6H,2-4H2,1H3,(H,17,18)(H2,15,16,19). The highest BCUT2D eigenvalue weighted by Gasteiger charge is 2.07. The van der Waals surface area contributed by atoms with Crippen molar-refractivity contribution in [3.63, 3.8) is 0 Å². The van der Waals surface area contributed by atoms with E-state index in [4.69, 9.17) is 28.3 Å². The summed E-state index contributed by atoms with van der Waals surface area (Å²) < 4.78 is 0. The lowest BCUT2D eigenvalue weighted by atomic mass is 10.2. The van der Waals surface area contributed by atoms with Crippen LogP contribution in [0.25, 0.3) is 0 Å². The van der Waals surface area contributed by atoms with Crippen LogP contribution in [0.15, 0.2) is 12.1 Å². The topological polar surface area (TPSA) is 78.4 Å². The molecule has 0 unspecified atom stereocenters. The lowest BCUT2D eigenvalue weighted by Gasteiger charge is -2.09. The predicted molar refractivity (Wildman–Crippen MR) is 75.1 cm³/mol. The number of carbonyl (C=O) groups is 2. The molecule has 0 heterocycles. The molecule has 0 saturated heterocycles. The number of halogens is 2. The monoisotopic (exact) mass is 304 g/mol. The molecule has 7 heteroatoms. The fourth-order valence-corrected chi connectivity index (χ4v) is 1.82. The summed E-state index contributed by atoms with van der Waals surface area (Å²) in [6.07, 6.45) is 0.390. The van der Waals surface area contributed by atoms with Gasteiger partial charge in [0.05, 0.1) is 0 Å². The van der Waals surface area contributed by atoms with Gasteiger partial charge in [-0.25, -0.2) is 4.79 Å². The van der Waals surface area contributed by atoms with Crippen LogP contribution in [-0.2, 0) is 4.79 Å². The average Bonchev–Trinajstić information content (AvgIpc) is 2.31. The van der Waals surface area contributed by atoms with Gasteiger partial charge >= 0.3 is 12.0 Å². The summed E-state index contributed by atoms with van der Waals surface area (Å²) >= 11 is 11.9. The summed E-state index contributed by atoms with van der Waals surface area (Å²) in [6.45, 7) is 2.06. The molecule has 0 aliphatic rings. The molecule has 0 aliphatic carbocycles. The van der Waals surface area contributed by atoms with Crippen LogP contribution < -0.4 is 10.6 Å². The lowest BCUT2D eigenvalue weighted by molar-refractivity contribution is -0.137. The number of hydrogen-bond acceptors (Lipinski definition) is 2. The van der Waals surface area contributed by atoms with Crippen LogP contribution in [0, 0.1) is 6.92 Å². The maximum Gasteiger partial charge on any atom is 0.319 e. The summed E-state index contributed by atoms with van der Waals surface area (Å²) in [4.78, 5) is 21.8. The molecule has 0 radical (unpaired) electrons. The Morgan fingerprint density at radius 1 is 1.26 bits per heavy atom. The van der Waals surface area contributed by atoms with E-state index in [2.05, 4.69) is 10.6 Å². The number of rotatable bonds is 5. The van der Waals surface area contributed by atoms with Crippen LogP contribution in [0.2, 0.25) is 10.0 Å². The zero-order valence-electron chi connectivity index (χ0n) is 10.3. The highest BCUT2D eigenvalue weighted by Crippen LogP contribution is 2.27. The van der Waals surface area contributed by atoms with Crippen LogP contribution in [0.5, 0.6) is 0 Å². The van der Waals surface area contributed by atoms with Crippen molar-refractivity contribution >= 4 is 40.9 Å². The number of nitrogens with one attached hydrogen (secondary N) is 2. The summed E-state index contributed by atoms with van der Waals surface area (Å²) in [5, 5.41) is 14.5. The minimum Gasteiger partial charge on any atom is -0.481 e. The third-order valence-corrected chi connectivity index (χ3v) is 3.18. The number of anilines is 1. The van der Waals surface area contributed by atoms with E-state index in [1.165, 1.54) is 0 Å². The molecule has 104 valence electrons. The minimum atomic E-state index is -0.890. The van der Waals surface area contributed by atoms with Gasteiger partial charge in [0.15, 0.2) is 0 Å². The van der Waals surface area contributed by atoms with E-state index < -0.39 is 12.0 Å². The molecule has 0 bridgehead atoms. The van der Waals surface area contributed by atoms with E-state index in [1.807, 2.05) is 0 Å². The second-order valence-electron chi connectivity index (χ2n) is 3.94. The Morgan fingerprint density at radius 2 is 1.84 bits per heavy atom. The predicted octanol–water partition coefficient (Wildman–Crippen LogP) is 3.29. The maximum absolute atomic E-state index is 11.5. The van der Waals surface area contributed by atoms with Crippen LogP contribution >= 0.6 is 23.2 Å². The number of amides is 2. The minimum absolute atomic E-state index is 0.0163. The van der Waals surface area contributed by atoms with Crippen molar-refractivity contribution < 1.29 is 14.7 Å². The second-order valence-corrected chi connectivity index (χ2v) is 4.76. The Kier molecular flexibility index (Phi) is 5.92. The fourth-order valence-electron chi connectivity index (χ4n) is 1.33. The lowest BCUT2D eigenvalue weighted by Crippen LogP contribution is -2.29. The molecule has 2 amide bonds. The van der Waals surface area contributed by atoms with E-state index in [0.717, 1.165) is 5.56 Å². The van der Waals surface area contributed by atoms with Gasteiger partial charge in [-0.1, -0.05) is 23.2 Å². The Bertz CT molecular complexity index is 469. The molecule has 1 aromatic carbocycles. The summed E-state index contributed by atoms with van der Waals surface area (Å²) in [6, 6.07) is 2.76. The molecule has 0 aliphatic heterocycles. The van der Waals surface area contributed by atoms with Gasteiger partial charge in [-0.2, -0.15) is 0 Å². The van der Waals surface area contributed by atoms with Crippen molar-refractivity contribution in [2.75, 3.05) is 11.9 Å². The Balaban J connectivity index is 2.46. The molecular weight excluding hydrogens is 291 g/mol. The van der Waals surface area contributed by atoms with Crippen molar-refractivity contribution in [2.24, 2.45) is 0 Å². The van der Waals surface area contributed by atoms with Crippen molar-refractivity contribution in [3.8, 4) is 0 Å². The second kappa shape index (κ2) is 7.21. The molecule has 0 saturated carbocycles. The number of carboxylic acids is 1. The first-order valence-electron chi connectivity index (χ1n) is 5.62. The molecule has 0 fully saturated rings. The molecule has 0 aromatic heterocycles. The third-order valence-electron chi connectivity index (χ3n) is 2.39. The van der Waals surface area contributed by atoms with Crippen molar-refractivity contribution in [1.29, 1.82) is 0 Å². The van der Waals surface area contributed by atoms with E-state index in [0.29, 0.717) is 22.2 Å². The zero-order chi connectivity index (χ0) is 14.4. The smallest absolute Gasteiger partial charge is 0.319 e. The first-order valence-corrected chi connectivity index (χ1v) is 6.38. The molecular formula is C12H14Cl2N2O3. The third kappa shape index (κ3) is 5.36. The quantitative estimate of drug-likeness (QED) is 0.730. The van der Waals surface area contributed by atoms with Gasteiger partial charge in [0.2, 0.25) is 0 Å². The summed E-state index contributed by atoms with van der Waals surface area (Å²) in [5.41, 5.74) is 1.23.